The summed E-state index contributed by atoms with van der Waals surface area (Å²) in [7, 11) is 1.90. The molecule has 35 heavy (non-hydrogen) atoms. The Kier molecular flexibility index (Phi) is 7.02. The third-order valence-corrected chi connectivity index (χ3v) is 6.60. The van der Waals surface area contributed by atoms with Gasteiger partial charge in [0.15, 0.2) is 0 Å². The first-order valence-corrected chi connectivity index (χ1v) is 11.4. The summed E-state index contributed by atoms with van der Waals surface area (Å²) >= 11 is 0. The Hall–Kier alpha value is -3.92. The van der Waals surface area contributed by atoms with E-state index in [0.29, 0.717) is 37.2 Å². The van der Waals surface area contributed by atoms with Crippen molar-refractivity contribution < 1.29 is 13.2 Å². The molecule has 2 aliphatic heterocycles. The zero-order valence-electron chi connectivity index (χ0n) is 19.6. The molecule has 1 fully saturated rings. The molecule has 4 nitrogen and oxygen atoms in total. The molecule has 0 amide bonds. The van der Waals surface area contributed by atoms with Gasteiger partial charge < -0.3 is 15.1 Å². The van der Waals surface area contributed by atoms with Gasteiger partial charge >= 0.3 is 0 Å². The number of rotatable bonds is 6. The van der Waals surface area contributed by atoms with E-state index in [0.717, 1.165) is 34.8 Å². The van der Waals surface area contributed by atoms with Crippen LogP contribution in [0.1, 0.15) is 30.1 Å². The number of nitrogens with one attached hydrogen (secondary N) is 1. The maximum Gasteiger partial charge on any atom is 0.132 e. The third-order valence-electron chi connectivity index (χ3n) is 6.60. The lowest BCUT2D eigenvalue weighted by Gasteiger charge is -2.36. The van der Waals surface area contributed by atoms with E-state index in [1.807, 2.05) is 36.4 Å². The molecule has 2 heterocycles. The SMILES string of the molecule is C=C(Nc1cc(C#N)ccc1N1CCC(C(F)c2ccc(F)cc2F)CC1)C1=CC=CN(C)C1=C. The van der Waals surface area contributed by atoms with Crippen molar-refractivity contribution in [2.75, 3.05) is 30.4 Å². The average Bonchev–Trinajstić information content (AvgIpc) is 2.85. The van der Waals surface area contributed by atoms with Gasteiger partial charge in [-0.1, -0.05) is 19.2 Å². The Labute approximate surface area is 204 Å². The maximum atomic E-state index is 15.1. The van der Waals surface area contributed by atoms with Gasteiger partial charge in [-0.15, -0.1) is 0 Å². The van der Waals surface area contributed by atoms with Gasteiger partial charge in [0.05, 0.1) is 23.0 Å². The van der Waals surface area contributed by atoms with Crippen LogP contribution in [0.5, 0.6) is 0 Å². The Morgan fingerprint density at radius 2 is 1.91 bits per heavy atom. The smallest absolute Gasteiger partial charge is 0.132 e. The third kappa shape index (κ3) is 5.12. The van der Waals surface area contributed by atoms with Crippen LogP contribution in [0.4, 0.5) is 24.5 Å². The molecule has 0 aromatic heterocycles. The summed E-state index contributed by atoms with van der Waals surface area (Å²) in [4.78, 5) is 4.02. The molecule has 2 aliphatic rings. The molecule has 4 rings (SSSR count). The van der Waals surface area contributed by atoms with Crippen LogP contribution in [0, 0.1) is 28.9 Å². The van der Waals surface area contributed by atoms with Gasteiger partial charge in [-0.25, -0.2) is 13.2 Å². The van der Waals surface area contributed by atoms with E-state index >= 15 is 4.39 Å². The number of nitriles is 1. The number of allylic oxidation sites excluding steroid dienone is 2. The van der Waals surface area contributed by atoms with E-state index < -0.39 is 17.8 Å². The number of benzene rings is 2. The van der Waals surface area contributed by atoms with Crippen molar-refractivity contribution >= 4 is 11.4 Å². The first-order valence-electron chi connectivity index (χ1n) is 11.4. The molecular weight excluding hydrogens is 449 g/mol. The highest BCUT2D eigenvalue weighted by Gasteiger charge is 2.30. The average molecular weight is 477 g/mol. The highest BCUT2D eigenvalue weighted by molar-refractivity contribution is 5.75. The summed E-state index contributed by atoms with van der Waals surface area (Å²) in [6.07, 6.45) is 5.26. The lowest BCUT2D eigenvalue weighted by molar-refractivity contribution is 0.194. The molecule has 180 valence electrons. The molecule has 0 aliphatic carbocycles. The van der Waals surface area contributed by atoms with Crippen molar-refractivity contribution in [2.45, 2.75) is 19.0 Å². The number of likely N-dealkylation sites (N-methyl/N-ethyl adjacent to an activating group) is 1. The van der Waals surface area contributed by atoms with E-state index in [1.165, 1.54) is 6.07 Å². The van der Waals surface area contributed by atoms with Crippen molar-refractivity contribution in [2.24, 2.45) is 5.92 Å². The number of alkyl halides is 1. The Bertz CT molecular complexity index is 1250. The minimum absolute atomic E-state index is 0.0955. The molecule has 1 N–H and O–H groups in total. The van der Waals surface area contributed by atoms with Crippen LogP contribution >= 0.6 is 0 Å². The lowest BCUT2D eigenvalue weighted by Crippen LogP contribution is -2.35. The summed E-state index contributed by atoms with van der Waals surface area (Å²) in [6.45, 7) is 9.39. The van der Waals surface area contributed by atoms with Crippen LogP contribution in [0.25, 0.3) is 0 Å². The van der Waals surface area contributed by atoms with Crippen molar-refractivity contribution in [1.82, 2.24) is 4.90 Å². The number of piperidine rings is 1. The highest BCUT2D eigenvalue weighted by Crippen LogP contribution is 2.38. The number of hydrogen-bond acceptors (Lipinski definition) is 4. The monoisotopic (exact) mass is 476 g/mol. The van der Waals surface area contributed by atoms with Gasteiger partial charge in [-0.2, -0.15) is 5.26 Å². The van der Waals surface area contributed by atoms with Gasteiger partial charge in [-0.3, -0.25) is 0 Å². The van der Waals surface area contributed by atoms with Crippen molar-refractivity contribution in [3.05, 3.63) is 108 Å². The lowest BCUT2D eigenvalue weighted by atomic mass is 9.88. The molecule has 0 bridgehead atoms. The summed E-state index contributed by atoms with van der Waals surface area (Å²) in [5.74, 6) is -1.93. The van der Waals surface area contributed by atoms with Crippen LogP contribution < -0.4 is 10.2 Å². The standard InChI is InChI=1S/C28H27F3N4/c1-18(23-5-4-12-34(3)19(23)2)33-26-15-20(17-32)6-9-27(26)35-13-10-21(11-14-35)28(31)24-8-7-22(29)16-25(24)30/h4-9,12,15-16,21,28,33H,1-2,10-11,13-14H2,3H3. The van der Waals surface area contributed by atoms with Gasteiger partial charge in [-0.05, 0) is 55.2 Å². The number of hydrogen-bond donors (Lipinski definition) is 1. The molecule has 1 unspecified atom stereocenters. The molecule has 1 saturated heterocycles. The predicted octanol–water partition coefficient (Wildman–Crippen LogP) is 6.59. The van der Waals surface area contributed by atoms with Crippen molar-refractivity contribution in [3.63, 3.8) is 0 Å². The molecule has 0 spiro atoms. The Balaban J connectivity index is 1.50. The van der Waals surface area contributed by atoms with Crippen LogP contribution in [0.3, 0.4) is 0 Å². The van der Waals surface area contributed by atoms with Gasteiger partial charge in [0.1, 0.15) is 17.8 Å². The minimum atomic E-state index is -1.50. The molecule has 2 aromatic rings. The molecule has 2 aromatic carbocycles. The van der Waals surface area contributed by atoms with Crippen LogP contribution in [0.2, 0.25) is 0 Å². The molecule has 0 saturated carbocycles. The van der Waals surface area contributed by atoms with Crippen LogP contribution in [-0.4, -0.2) is 25.0 Å². The molecule has 0 radical (unpaired) electrons. The fourth-order valence-electron chi connectivity index (χ4n) is 4.54. The highest BCUT2D eigenvalue weighted by atomic mass is 19.1. The summed E-state index contributed by atoms with van der Waals surface area (Å²) in [5, 5.41) is 12.8. The molecular formula is C28H27F3N4. The topological polar surface area (TPSA) is 42.3 Å². The van der Waals surface area contributed by atoms with E-state index in [-0.39, 0.29) is 11.5 Å². The van der Waals surface area contributed by atoms with Gasteiger partial charge in [0.2, 0.25) is 0 Å². The molecule has 1 atom stereocenters. The summed E-state index contributed by atoms with van der Waals surface area (Å²) < 4.78 is 42.4. The molecule has 7 heteroatoms. The zero-order chi connectivity index (χ0) is 25.1. The largest absolute Gasteiger partial charge is 0.370 e. The maximum absolute atomic E-state index is 15.1. The quantitative estimate of drug-likeness (QED) is 0.511. The summed E-state index contributed by atoms with van der Waals surface area (Å²) in [5.41, 5.74) is 4.30. The van der Waals surface area contributed by atoms with Crippen LogP contribution in [0.15, 0.2) is 84.9 Å². The first kappa shape index (κ1) is 24.2. The predicted molar refractivity (Wildman–Crippen MR) is 133 cm³/mol. The second kappa shape index (κ2) is 10.1. The van der Waals surface area contributed by atoms with E-state index in [2.05, 4.69) is 29.4 Å². The van der Waals surface area contributed by atoms with E-state index in [4.69, 9.17) is 0 Å². The normalized spacial score (nSPS) is 17.1. The Morgan fingerprint density at radius 1 is 1.17 bits per heavy atom. The Morgan fingerprint density at radius 3 is 2.60 bits per heavy atom. The van der Waals surface area contributed by atoms with Gasteiger partial charge in [0.25, 0.3) is 0 Å². The fourth-order valence-corrected chi connectivity index (χ4v) is 4.54. The second-order valence-electron chi connectivity index (χ2n) is 8.82. The van der Waals surface area contributed by atoms with Gasteiger partial charge in [0, 0.05) is 54.9 Å². The number of halogens is 3. The summed E-state index contributed by atoms with van der Waals surface area (Å²) in [6, 6.07) is 10.6. The van der Waals surface area contributed by atoms with E-state index in [9.17, 15) is 14.0 Å². The first-order chi connectivity index (χ1) is 16.8. The van der Waals surface area contributed by atoms with Crippen molar-refractivity contribution in [3.8, 4) is 6.07 Å². The van der Waals surface area contributed by atoms with Crippen LogP contribution in [-0.2, 0) is 0 Å². The minimum Gasteiger partial charge on any atom is -0.370 e. The number of nitrogens with zero attached hydrogens (tertiary/aromatic N) is 3. The second-order valence-corrected chi connectivity index (χ2v) is 8.82. The fraction of sp³-hybridized carbons (Fsp3) is 0.250. The zero-order valence-corrected chi connectivity index (χ0v) is 19.6. The van der Waals surface area contributed by atoms with Crippen molar-refractivity contribution in [1.29, 1.82) is 5.26 Å². The van der Waals surface area contributed by atoms with E-state index in [1.54, 1.807) is 12.1 Å². The number of anilines is 2.